The molecule has 0 aliphatic heterocycles. The molecule has 3 aromatic rings. The summed E-state index contributed by atoms with van der Waals surface area (Å²) in [6.07, 6.45) is 4.36. The van der Waals surface area contributed by atoms with E-state index in [1.807, 2.05) is 54.0 Å². The Morgan fingerprint density at radius 1 is 1.17 bits per heavy atom. The van der Waals surface area contributed by atoms with Crippen LogP contribution in [0.15, 0.2) is 60.2 Å². The molecule has 0 saturated carbocycles. The van der Waals surface area contributed by atoms with E-state index in [-0.39, 0.29) is 5.91 Å². The van der Waals surface area contributed by atoms with Crippen molar-refractivity contribution in [2.45, 2.75) is 13.3 Å². The van der Waals surface area contributed by atoms with Crippen molar-refractivity contribution in [2.75, 3.05) is 6.54 Å². The molecule has 116 valence electrons. The number of aromatic nitrogens is 1. The summed E-state index contributed by atoms with van der Waals surface area (Å²) in [6, 6.07) is 14.0. The van der Waals surface area contributed by atoms with E-state index in [4.69, 9.17) is 0 Å². The quantitative estimate of drug-likeness (QED) is 0.768. The Labute approximate surface area is 140 Å². The number of nitrogens with one attached hydrogen (secondary N) is 1. The lowest BCUT2D eigenvalue weighted by Gasteiger charge is -2.08. The van der Waals surface area contributed by atoms with Crippen molar-refractivity contribution in [3.05, 3.63) is 76.2 Å². The highest BCUT2D eigenvalue weighted by molar-refractivity contribution is 7.10. The van der Waals surface area contributed by atoms with Gasteiger partial charge in [-0.2, -0.15) is 0 Å². The van der Waals surface area contributed by atoms with Gasteiger partial charge >= 0.3 is 0 Å². The van der Waals surface area contributed by atoms with Gasteiger partial charge in [-0.05, 0) is 30.5 Å². The minimum absolute atomic E-state index is 0.0166. The van der Waals surface area contributed by atoms with Crippen LogP contribution in [0.25, 0.3) is 11.1 Å². The standard InChI is InChI=1S/C19H18N2OS/c1-14-18(16-7-3-2-4-8-16)17(13-23-14)19(22)21-11-9-15-6-5-10-20-12-15/h2-8,10,12-13H,9,11H2,1H3,(H,21,22). The second-order valence-electron chi connectivity index (χ2n) is 5.31. The van der Waals surface area contributed by atoms with Gasteiger partial charge in [-0.1, -0.05) is 36.4 Å². The molecule has 2 aromatic heterocycles. The van der Waals surface area contributed by atoms with Crippen LogP contribution >= 0.6 is 11.3 Å². The van der Waals surface area contributed by atoms with Crippen LogP contribution in [0, 0.1) is 6.92 Å². The SMILES string of the molecule is Cc1scc(C(=O)NCCc2cccnc2)c1-c1ccccc1. The smallest absolute Gasteiger partial charge is 0.252 e. The Kier molecular flexibility index (Phi) is 4.83. The first-order valence-electron chi connectivity index (χ1n) is 7.56. The molecule has 0 saturated heterocycles. The number of nitrogens with zero attached hydrogens (tertiary/aromatic N) is 1. The van der Waals surface area contributed by atoms with Crippen molar-refractivity contribution >= 4 is 17.2 Å². The van der Waals surface area contributed by atoms with Gasteiger partial charge in [0.25, 0.3) is 5.91 Å². The van der Waals surface area contributed by atoms with Crippen LogP contribution in [0.2, 0.25) is 0 Å². The first kappa shape index (κ1) is 15.4. The minimum atomic E-state index is -0.0166. The zero-order valence-corrected chi connectivity index (χ0v) is 13.8. The molecule has 0 aliphatic rings. The molecule has 0 aliphatic carbocycles. The molecule has 0 bridgehead atoms. The zero-order valence-electron chi connectivity index (χ0n) is 13.0. The van der Waals surface area contributed by atoms with Crippen molar-refractivity contribution in [3.8, 4) is 11.1 Å². The van der Waals surface area contributed by atoms with Gasteiger partial charge in [-0.25, -0.2) is 0 Å². The van der Waals surface area contributed by atoms with Crippen molar-refractivity contribution in [1.82, 2.24) is 10.3 Å². The maximum Gasteiger partial charge on any atom is 0.252 e. The van der Waals surface area contributed by atoms with Crippen LogP contribution < -0.4 is 5.32 Å². The number of benzene rings is 1. The average molecular weight is 322 g/mol. The van der Waals surface area contributed by atoms with E-state index in [1.54, 1.807) is 17.5 Å². The molecule has 1 amide bonds. The first-order chi connectivity index (χ1) is 11.3. The Bertz CT molecular complexity index is 782. The van der Waals surface area contributed by atoms with Crippen LogP contribution in [-0.2, 0) is 6.42 Å². The lowest BCUT2D eigenvalue weighted by Crippen LogP contribution is -2.25. The molecule has 4 heteroatoms. The second-order valence-corrected chi connectivity index (χ2v) is 6.40. The molecule has 0 unspecified atom stereocenters. The highest BCUT2D eigenvalue weighted by atomic mass is 32.1. The van der Waals surface area contributed by atoms with Crippen LogP contribution in [-0.4, -0.2) is 17.4 Å². The summed E-state index contributed by atoms with van der Waals surface area (Å²) >= 11 is 1.61. The average Bonchev–Trinajstić information content (AvgIpc) is 2.98. The van der Waals surface area contributed by atoms with E-state index in [9.17, 15) is 4.79 Å². The Morgan fingerprint density at radius 2 is 2.00 bits per heavy atom. The summed E-state index contributed by atoms with van der Waals surface area (Å²) in [7, 11) is 0. The largest absolute Gasteiger partial charge is 0.352 e. The number of hydrogen-bond donors (Lipinski definition) is 1. The van der Waals surface area contributed by atoms with Crippen molar-refractivity contribution in [1.29, 1.82) is 0 Å². The van der Waals surface area contributed by atoms with Gasteiger partial charge in [0.05, 0.1) is 5.56 Å². The zero-order chi connectivity index (χ0) is 16.1. The maximum atomic E-state index is 12.5. The van der Waals surface area contributed by atoms with Crippen LogP contribution in [0.5, 0.6) is 0 Å². The molecule has 1 aromatic carbocycles. The monoisotopic (exact) mass is 322 g/mol. The number of amides is 1. The number of rotatable bonds is 5. The molecule has 0 radical (unpaired) electrons. The molecule has 0 fully saturated rings. The summed E-state index contributed by atoms with van der Waals surface area (Å²) in [5.41, 5.74) is 4.00. The van der Waals surface area contributed by atoms with Crippen molar-refractivity contribution < 1.29 is 4.79 Å². The Balaban J connectivity index is 1.71. The molecule has 2 heterocycles. The summed E-state index contributed by atoms with van der Waals surface area (Å²) in [5.74, 6) is -0.0166. The number of carbonyl (C=O) groups is 1. The van der Waals surface area contributed by atoms with Gasteiger partial charge in [-0.15, -0.1) is 11.3 Å². The molecule has 0 atom stereocenters. The van der Waals surface area contributed by atoms with Gasteiger partial charge in [0.15, 0.2) is 0 Å². The third kappa shape index (κ3) is 3.66. The molecule has 1 N–H and O–H groups in total. The number of hydrogen-bond acceptors (Lipinski definition) is 3. The number of thiophene rings is 1. The molecular formula is C19H18N2OS. The normalized spacial score (nSPS) is 10.5. The van der Waals surface area contributed by atoms with Gasteiger partial charge < -0.3 is 5.32 Å². The summed E-state index contributed by atoms with van der Waals surface area (Å²) in [6.45, 7) is 2.66. The van der Waals surface area contributed by atoms with Crippen LogP contribution in [0.3, 0.4) is 0 Å². The predicted octanol–water partition coefficient (Wildman–Crippen LogP) is 4.09. The lowest BCUT2D eigenvalue weighted by molar-refractivity contribution is 0.0955. The van der Waals surface area contributed by atoms with E-state index in [0.29, 0.717) is 6.54 Å². The summed E-state index contributed by atoms with van der Waals surface area (Å²) in [4.78, 5) is 17.8. The first-order valence-corrected chi connectivity index (χ1v) is 8.44. The highest BCUT2D eigenvalue weighted by Crippen LogP contribution is 2.32. The predicted molar refractivity (Wildman–Crippen MR) is 94.8 cm³/mol. The van der Waals surface area contributed by atoms with Crippen molar-refractivity contribution in [2.24, 2.45) is 0 Å². The van der Waals surface area contributed by atoms with Crippen LogP contribution in [0.4, 0.5) is 0 Å². The van der Waals surface area contributed by atoms with Crippen LogP contribution in [0.1, 0.15) is 20.8 Å². The fourth-order valence-corrected chi connectivity index (χ4v) is 3.41. The third-order valence-corrected chi connectivity index (χ3v) is 4.62. The summed E-state index contributed by atoms with van der Waals surface area (Å²) < 4.78 is 0. The lowest BCUT2D eigenvalue weighted by atomic mass is 10.0. The molecule has 0 spiro atoms. The number of aryl methyl sites for hydroxylation is 1. The van der Waals surface area contributed by atoms with Crippen molar-refractivity contribution in [3.63, 3.8) is 0 Å². The van der Waals surface area contributed by atoms with E-state index >= 15 is 0 Å². The van der Waals surface area contributed by atoms with Gasteiger partial charge in [0.2, 0.25) is 0 Å². The topological polar surface area (TPSA) is 42.0 Å². The maximum absolute atomic E-state index is 12.5. The number of pyridine rings is 1. The Morgan fingerprint density at radius 3 is 2.74 bits per heavy atom. The van der Waals surface area contributed by atoms with Gasteiger partial charge in [-0.3, -0.25) is 9.78 Å². The van der Waals surface area contributed by atoms with E-state index in [2.05, 4.69) is 17.2 Å². The molecule has 23 heavy (non-hydrogen) atoms. The fourth-order valence-electron chi connectivity index (χ4n) is 2.55. The minimum Gasteiger partial charge on any atom is -0.352 e. The molecule has 3 rings (SSSR count). The molecular weight excluding hydrogens is 304 g/mol. The highest BCUT2D eigenvalue weighted by Gasteiger charge is 2.16. The number of carbonyl (C=O) groups excluding carboxylic acids is 1. The van der Waals surface area contributed by atoms with E-state index < -0.39 is 0 Å². The molecule has 3 nitrogen and oxygen atoms in total. The summed E-state index contributed by atoms with van der Waals surface area (Å²) in [5, 5.41) is 4.95. The second kappa shape index (κ2) is 7.20. The Hall–Kier alpha value is -2.46. The van der Waals surface area contributed by atoms with Gasteiger partial charge in [0, 0.05) is 34.8 Å². The fraction of sp³-hybridized carbons (Fsp3) is 0.158. The van der Waals surface area contributed by atoms with Gasteiger partial charge in [0.1, 0.15) is 0 Å². The third-order valence-electron chi connectivity index (χ3n) is 3.70. The van der Waals surface area contributed by atoms with E-state index in [1.165, 1.54) is 0 Å². The van der Waals surface area contributed by atoms with E-state index in [0.717, 1.165) is 33.6 Å².